The van der Waals surface area contributed by atoms with Gasteiger partial charge in [-0.2, -0.15) is 0 Å². The fraction of sp³-hybridized carbons (Fsp3) is 0.533. The summed E-state index contributed by atoms with van der Waals surface area (Å²) in [7, 11) is 0. The fourth-order valence-electron chi connectivity index (χ4n) is 2.71. The molecule has 1 aliphatic rings. The standard InChI is InChI=1S/C15H19ClN2O3/c16-11-8-9-13(14(10-11)18(20)21)15(19)17-12-6-4-2-1-3-5-7-12/h8-10,12H,1-7H2,(H,17,19). The number of carbonyl (C=O) groups excluding carboxylic acids is 1. The van der Waals surface area contributed by atoms with Gasteiger partial charge in [0.2, 0.25) is 0 Å². The lowest BCUT2D eigenvalue weighted by molar-refractivity contribution is -0.385. The highest BCUT2D eigenvalue weighted by atomic mass is 35.5. The van der Waals surface area contributed by atoms with Crippen LogP contribution in [-0.2, 0) is 0 Å². The minimum atomic E-state index is -0.571. The second-order valence-corrected chi connectivity index (χ2v) is 5.87. The van der Waals surface area contributed by atoms with Crippen LogP contribution >= 0.6 is 11.6 Å². The molecule has 0 aliphatic heterocycles. The molecular weight excluding hydrogens is 292 g/mol. The van der Waals surface area contributed by atoms with E-state index in [4.69, 9.17) is 11.6 Å². The Morgan fingerprint density at radius 2 is 1.81 bits per heavy atom. The van der Waals surface area contributed by atoms with Gasteiger partial charge in [0.1, 0.15) is 5.56 Å². The van der Waals surface area contributed by atoms with Gasteiger partial charge in [-0.25, -0.2) is 0 Å². The summed E-state index contributed by atoms with van der Waals surface area (Å²) in [6.45, 7) is 0. The van der Waals surface area contributed by atoms with Crippen LogP contribution in [0.1, 0.15) is 55.3 Å². The zero-order chi connectivity index (χ0) is 15.2. The van der Waals surface area contributed by atoms with Crippen LogP contribution in [0, 0.1) is 10.1 Å². The molecule has 0 spiro atoms. The third-order valence-electron chi connectivity index (χ3n) is 3.84. The Kier molecular flexibility index (Phi) is 5.56. The van der Waals surface area contributed by atoms with Gasteiger partial charge in [0.15, 0.2) is 0 Å². The molecule has 1 aromatic carbocycles. The molecule has 0 radical (unpaired) electrons. The van der Waals surface area contributed by atoms with E-state index < -0.39 is 4.92 Å². The first-order valence-electron chi connectivity index (χ1n) is 7.33. The fourth-order valence-corrected chi connectivity index (χ4v) is 2.88. The number of halogens is 1. The van der Waals surface area contributed by atoms with Crippen molar-refractivity contribution in [2.45, 2.75) is 51.0 Å². The number of amides is 1. The van der Waals surface area contributed by atoms with Gasteiger partial charge in [-0.05, 0) is 25.0 Å². The maximum atomic E-state index is 12.3. The van der Waals surface area contributed by atoms with E-state index in [0.717, 1.165) is 25.7 Å². The van der Waals surface area contributed by atoms with E-state index in [1.54, 1.807) is 0 Å². The van der Waals surface area contributed by atoms with Crippen molar-refractivity contribution in [2.24, 2.45) is 0 Å². The lowest BCUT2D eigenvalue weighted by atomic mass is 9.96. The second-order valence-electron chi connectivity index (χ2n) is 5.43. The lowest BCUT2D eigenvalue weighted by Gasteiger charge is -2.21. The second kappa shape index (κ2) is 7.41. The van der Waals surface area contributed by atoms with Crippen LogP contribution in [0.4, 0.5) is 5.69 Å². The molecule has 5 nitrogen and oxygen atoms in total. The van der Waals surface area contributed by atoms with Crippen molar-refractivity contribution in [1.29, 1.82) is 0 Å². The number of benzene rings is 1. The zero-order valence-electron chi connectivity index (χ0n) is 11.8. The first kappa shape index (κ1) is 15.8. The Morgan fingerprint density at radius 3 is 2.43 bits per heavy atom. The average Bonchev–Trinajstić information content (AvgIpc) is 2.41. The predicted octanol–water partition coefficient (Wildman–Crippen LogP) is 4.09. The Bertz CT molecular complexity index is 526. The van der Waals surface area contributed by atoms with Crippen molar-refractivity contribution < 1.29 is 9.72 Å². The molecule has 1 aromatic rings. The predicted molar refractivity (Wildman–Crippen MR) is 81.7 cm³/mol. The average molecular weight is 311 g/mol. The number of hydrogen-bond donors (Lipinski definition) is 1. The van der Waals surface area contributed by atoms with Crippen LogP contribution in [0.3, 0.4) is 0 Å². The zero-order valence-corrected chi connectivity index (χ0v) is 12.6. The summed E-state index contributed by atoms with van der Waals surface area (Å²) in [5.41, 5.74) is -0.169. The third-order valence-corrected chi connectivity index (χ3v) is 4.08. The SMILES string of the molecule is O=C(NC1CCCCCCC1)c1ccc(Cl)cc1[N+](=O)[O-]. The topological polar surface area (TPSA) is 72.2 Å². The van der Waals surface area contributed by atoms with Crippen molar-refractivity contribution in [3.8, 4) is 0 Å². The number of nitrogens with zero attached hydrogens (tertiary/aromatic N) is 1. The molecule has 1 aliphatic carbocycles. The Hall–Kier alpha value is -1.62. The van der Waals surface area contributed by atoms with E-state index in [9.17, 15) is 14.9 Å². The van der Waals surface area contributed by atoms with E-state index in [0.29, 0.717) is 0 Å². The molecule has 0 atom stereocenters. The molecule has 0 unspecified atom stereocenters. The molecule has 0 heterocycles. The van der Waals surface area contributed by atoms with E-state index in [2.05, 4.69) is 5.32 Å². The number of nitro benzene ring substituents is 1. The number of nitro groups is 1. The summed E-state index contributed by atoms with van der Waals surface area (Å²) < 4.78 is 0. The minimum absolute atomic E-state index is 0.0754. The van der Waals surface area contributed by atoms with Gasteiger partial charge in [-0.15, -0.1) is 0 Å². The smallest absolute Gasteiger partial charge is 0.283 e. The van der Waals surface area contributed by atoms with E-state index in [-0.39, 0.29) is 28.2 Å². The maximum Gasteiger partial charge on any atom is 0.283 e. The number of hydrogen-bond acceptors (Lipinski definition) is 3. The first-order valence-corrected chi connectivity index (χ1v) is 7.70. The van der Waals surface area contributed by atoms with Crippen LogP contribution in [-0.4, -0.2) is 16.9 Å². The molecule has 0 saturated heterocycles. The van der Waals surface area contributed by atoms with Gasteiger partial charge in [-0.3, -0.25) is 14.9 Å². The summed E-state index contributed by atoms with van der Waals surface area (Å²) in [6, 6.07) is 4.24. The molecule has 0 aromatic heterocycles. The summed E-state index contributed by atoms with van der Waals surface area (Å²) >= 11 is 5.76. The molecule has 114 valence electrons. The van der Waals surface area contributed by atoms with E-state index in [1.807, 2.05) is 0 Å². The maximum absolute atomic E-state index is 12.3. The van der Waals surface area contributed by atoms with Gasteiger partial charge in [0.05, 0.1) is 4.92 Å². The van der Waals surface area contributed by atoms with Gasteiger partial charge >= 0.3 is 0 Å². The van der Waals surface area contributed by atoms with Crippen molar-refractivity contribution in [3.63, 3.8) is 0 Å². The van der Waals surface area contributed by atoms with Crippen LogP contribution in [0.2, 0.25) is 5.02 Å². The molecule has 1 amide bonds. The van der Waals surface area contributed by atoms with Gasteiger partial charge in [0.25, 0.3) is 11.6 Å². The minimum Gasteiger partial charge on any atom is -0.349 e. The van der Waals surface area contributed by atoms with Gasteiger partial charge < -0.3 is 5.32 Å². The number of rotatable bonds is 3. The Labute approximate surface area is 128 Å². The van der Waals surface area contributed by atoms with Crippen molar-refractivity contribution in [1.82, 2.24) is 5.32 Å². The van der Waals surface area contributed by atoms with Crippen molar-refractivity contribution in [2.75, 3.05) is 0 Å². The third kappa shape index (κ3) is 4.43. The lowest BCUT2D eigenvalue weighted by Crippen LogP contribution is -2.35. The van der Waals surface area contributed by atoms with Crippen LogP contribution < -0.4 is 5.32 Å². The summed E-state index contributed by atoms with van der Waals surface area (Å²) in [5, 5.41) is 14.2. The summed E-state index contributed by atoms with van der Waals surface area (Å²) in [4.78, 5) is 22.8. The summed E-state index contributed by atoms with van der Waals surface area (Å²) in [5.74, 6) is -0.385. The van der Waals surface area contributed by atoms with Crippen LogP contribution in [0.25, 0.3) is 0 Å². The van der Waals surface area contributed by atoms with Crippen molar-refractivity contribution in [3.05, 3.63) is 38.9 Å². The highest BCUT2D eigenvalue weighted by molar-refractivity contribution is 6.31. The van der Waals surface area contributed by atoms with Crippen molar-refractivity contribution >= 4 is 23.2 Å². The highest BCUT2D eigenvalue weighted by Crippen LogP contribution is 2.24. The molecule has 6 heteroatoms. The molecule has 2 rings (SSSR count). The molecule has 0 bridgehead atoms. The molecule has 1 fully saturated rings. The first-order chi connectivity index (χ1) is 10.1. The molecule has 1 saturated carbocycles. The largest absolute Gasteiger partial charge is 0.349 e. The van der Waals surface area contributed by atoms with Crippen LogP contribution in [0.5, 0.6) is 0 Å². The van der Waals surface area contributed by atoms with Gasteiger partial charge in [0, 0.05) is 17.1 Å². The highest BCUT2D eigenvalue weighted by Gasteiger charge is 2.23. The molecular formula is C15H19ClN2O3. The van der Waals surface area contributed by atoms with Crippen LogP contribution in [0.15, 0.2) is 18.2 Å². The Balaban J connectivity index is 2.10. The van der Waals surface area contributed by atoms with Gasteiger partial charge in [-0.1, -0.05) is 43.7 Å². The monoisotopic (exact) mass is 310 g/mol. The normalized spacial score (nSPS) is 16.8. The Morgan fingerprint density at radius 1 is 1.19 bits per heavy atom. The van der Waals surface area contributed by atoms with E-state index >= 15 is 0 Å². The quantitative estimate of drug-likeness (QED) is 0.675. The molecule has 21 heavy (non-hydrogen) atoms. The number of carbonyl (C=O) groups is 1. The molecule has 1 N–H and O–H groups in total. The number of nitrogens with one attached hydrogen (secondary N) is 1. The van der Waals surface area contributed by atoms with E-state index in [1.165, 1.54) is 37.5 Å². The summed E-state index contributed by atoms with van der Waals surface area (Å²) in [6.07, 6.45) is 7.69.